The van der Waals surface area contributed by atoms with E-state index in [2.05, 4.69) is 10.3 Å². The highest BCUT2D eigenvalue weighted by molar-refractivity contribution is 6.31. The average Bonchev–Trinajstić information content (AvgIpc) is 2.71. The highest BCUT2D eigenvalue weighted by Gasteiger charge is 2.04. The first kappa shape index (κ1) is 12.4. The maximum absolute atomic E-state index is 6.16. The Kier molecular flexibility index (Phi) is 4.02. The van der Waals surface area contributed by atoms with Crippen molar-refractivity contribution in [1.82, 2.24) is 15.0 Å². The van der Waals surface area contributed by atoms with Crippen LogP contribution in [0, 0.1) is 6.92 Å². The van der Waals surface area contributed by atoms with Crippen LogP contribution in [-0.2, 0) is 13.0 Å². The van der Waals surface area contributed by atoms with Crippen LogP contribution < -0.4 is 0 Å². The number of aryl methyl sites for hydroxylation is 2. The molecule has 1 aromatic heterocycles. The molecule has 0 aliphatic rings. The molecular formula is C12H13Cl2N3. The van der Waals surface area contributed by atoms with Crippen molar-refractivity contribution in [3.8, 4) is 0 Å². The molecule has 3 nitrogen and oxygen atoms in total. The number of alkyl halides is 1. The molecule has 0 radical (unpaired) electrons. The molecule has 90 valence electrons. The Labute approximate surface area is 110 Å². The topological polar surface area (TPSA) is 30.7 Å². The summed E-state index contributed by atoms with van der Waals surface area (Å²) >= 11 is 11.8. The van der Waals surface area contributed by atoms with Crippen LogP contribution in [0.1, 0.15) is 16.8 Å². The predicted octanol–water partition coefficient (Wildman–Crippen LogP) is 3.07. The molecule has 0 saturated carbocycles. The van der Waals surface area contributed by atoms with Crippen LogP contribution in [0.3, 0.4) is 0 Å². The third-order valence-corrected chi connectivity index (χ3v) is 3.02. The second-order valence-corrected chi connectivity index (χ2v) is 4.73. The smallest absolute Gasteiger partial charge is 0.0839 e. The largest absolute Gasteiger partial charge is 0.248 e. The molecule has 0 aliphatic heterocycles. The molecule has 0 N–H and O–H groups in total. The average molecular weight is 270 g/mol. The molecule has 1 aromatic carbocycles. The molecule has 0 amide bonds. The Hall–Kier alpha value is -1.06. The van der Waals surface area contributed by atoms with Crippen molar-refractivity contribution in [2.45, 2.75) is 19.9 Å². The fraction of sp³-hybridized carbons (Fsp3) is 0.333. The number of rotatable bonds is 4. The molecule has 5 heteroatoms. The van der Waals surface area contributed by atoms with Crippen LogP contribution in [0.5, 0.6) is 0 Å². The number of hydrogen-bond donors (Lipinski definition) is 0. The first-order valence-corrected chi connectivity index (χ1v) is 6.30. The first-order valence-electron chi connectivity index (χ1n) is 5.39. The van der Waals surface area contributed by atoms with E-state index in [1.807, 2.05) is 31.3 Å². The van der Waals surface area contributed by atoms with E-state index in [9.17, 15) is 0 Å². The number of aromatic nitrogens is 3. The van der Waals surface area contributed by atoms with Crippen molar-refractivity contribution < 1.29 is 0 Å². The molecule has 0 atom stereocenters. The third kappa shape index (κ3) is 3.20. The van der Waals surface area contributed by atoms with Crippen molar-refractivity contribution in [2.75, 3.05) is 5.88 Å². The van der Waals surface area contributed by atoms with Gasteiger partial charge in [0, 0.05) is 23.5 Å². The number of nitrogens with zero attached hydrogens (tertiary/aromatic N) is 3. The third-order valence-electron chi connectivity index (χ3n) is 2.48. The van der Waals surface area contributed by atoms with Crippen molar-refractivity contribution in [2.24, 2.45) is 0 Å². The van der Waals surface area contributed by atoms with E-state index in [0.29, 0.717) is 12.4 Å². The molecule has 0 spiro atoms. The van der Waals surface area contributed by atoms with Gasteiger partial charge in [0.2, 0.25) is 0 Å². The molecule has 2 rings (SSSR count). The van der Waals surface area contributed by atoms with Gasteiger partial charge >= 0.3 is 0 Å². The lowest BCUT2D eigenvalue weighted by atomic mass is 10.1. The Morgan fingerprint density at radius 2 is 2.18 bits per heavy atom. The first-order chi connectivity index (χ1) is 8.19. The van der Waals surface area contributed by atoms with Crippen LogP contribution in [-0.4, -0.2) is 20.9 Å². The van der Waals surface area contributed by atoms with Gasteiger partial charge in [-0.2, -0.15) is 0 Å². The van der Waals surface area contributed by atoms with Crippen LogP contribution >= 0.6 is 23.2 Å². The molecular weight excluding hydrogens is 257 g/mol. The quantitative estimate of drug-likeness (QED) is 0.799. The van der Waals surface area contributed by atoms with Crippen LogP contribution in [0.4, 0.5) is 0 Å². The molecule has 17 heavy (non-hydrogen) atoms. The zero-order valence-corrected chi connectivity index (χ0v) is 11.0. The molecule has 2 aromatic rings. The second-order valence-electron chi connectivity index (χ2n) is 3.94. The SMILES string of the molecule is Cc1ccc(Cn2cc(CCCl)nn2)c(Cl)c1. The fourth-order valence-corrected chi connectivity index (χ4v) is 2.07. The van der Waals surface area contributed by atoms with Gasteiger partial charge in [0.15, 0.2) is 0 Å². The molecule has 0 unspecified atom stereocenters. The van der Waals surface area contributed by atoms with Gasteiger partial charge in [0.1, 0.15) is 0 Å². The summed E-state index contributed by atoms with van der Waals surface area (Å²) in [5.74, 6) is 0.560. The molecule has 1 heterocycles. The minimum absolute atomic E-state index is 0.560. The van der Waals surface area contributed by atoms with E-state index < -0.39 is 0 Å². The van der Waals surface area contributed by atoms with Crippen molar-refractivity contribution >= 4 is 23.2 Å². The van der Waals surface area contributed by atoms with Gasteiger partial charge in [-0.05, 0) is 24.1 Å². The van der Waals surface area contributed by atoms with Gasteiger partial charge in [-0.3, -0.25) is 0 Å². The van der Waals surface area contributed by atoms with E-state index in [-0.39, 0.29) is 0 Å². The minimum Gasteiger partial charge on any atom is -0.248 e. The van der Waals surface area contributed by atoms with Crippen molar-refractivity contribution in [3.63, 3.8) is 0 Å². The minimum atomic E-state index is 0.560. The van der Waals surface area contributed by atoms with Gasteiger partial charge in [0.25, 0.3) is 0 Å². The maximum atomic E-state index is 6.16. The summed E-state index contributed by atoms with van der Waals surface area (Å²) in [6.45, 7) is 2.65. The van der Waals surface area contributed by atoms with Crippen LogP contribution in [0.2, 0.25) is 5.02 Å². The zero-order chi connectivity index (χ0) is 12.3. The van der Waals surface area contributed by atoms with Gasteiger partial charge < -0.3 is 0 Å². The molecule has 0 aliphatic carbocycles. The van der Waals surface area contributed by atoms with Crippen molar-refractivity contribution in [1.29, 1.82) is 0 Å². The molecule has 0 fully saturated rings. The normalized spacial score (nSPS) is 10.8. The summed E-state index contributed by atoms with van der Waals surface area (Å²) in [5.41, 5.74) is 3.10. The predicted molar refractivity (Wildman–Crippen MR) is 69.7 cm³/mol. The van der Waals surface area contributed by atoms with Gasteiger partial charge in [-0.15, -0.1) is 16.7 Å². The molecule has 0 bridgehead atoms. The van der Waals surface area contributed by atoms with E-state index in [1.54, 1.807) is 4.68 Å². The van der Waals surface area contributed by atoms with Crippen LogP contribution in [0.25, 0.3) is 0 Å². The van der Waals surface area contributed by atoms with Gasteiger partial charge in [-0.25, -0.2) is 4.68 Å². The summed E-state index contributed by atoms with van der Waals surface area (Å²) in [6, 6.07) is 6.01. The number of hydrogen-bond acceptors (Lipinski definition) is 2. The highest BCUT2D eigenvalue weighted by atomic mass is 35.5. The Morgan fingerprint density at radius 1 is 1.35 bits per heavy atom. The Balaban J connectivity index is 2.13. The zero-order valence-electron chi connectivity index (χ0n) is 9.53. The molecule has 0 saturated heterocycles. The second kappa shape index (κ2) is 5.52. The van der Waals surface area contributed by atoms with E-state index in [1.165, 1.54) is 0 Å². The maximum Gasteiger partial charge on any atom is 0.0839 e. The fourth-order valence-electron chi connectivity index (χ4n) is 1.58. The van der Waals surface area contributed by atoms with Gasteiger partial charge in [0.05, 0.1) is 12.2 Å². The van der Waals surface area contributed by atoms with E-state index >= 15 is 0 Å². The lowest BCUT2D eigenvalue weighted by Gasteiger charge is -2.04. The van der Waals surface area contributed by atoms with E-state index in [4.69, 9.17) is 23.2 Å². The summed E-state index contributed by atoms with van der Waals surface area (Å²) in [6.07, 6.45) is 2.64. The standard InChI is InChI=1S/C12H13Cl2N3/c1-9-2-3-10(12(14)6-9)7-17-8-11(4-5-13)15-16-17/h2-3,6,8H,4-5,7H2,1H3. The summed E-state index contributed by atoms with van der Waals surface area (Å²) in [7, 11) is 0. The summed E-state index contributed by atoms with van der Waals surface area (Å²) in [4.78, 5) is 0. The Bertz CT molecular complexity index is 508. The lowest BCUT2D eigenvalue weighted by Crippen LogP contribution is -2.01. The Morgan fingerprint density at radius 3 is 2.88 bits per heavy atom. The monoisotopic (exact) mass is 269 g/mol. The van der Waals surface area contributed by atoms with E-state index in [0.717, 1.165) is 28.3 Å². The lowest BCUT2D eigenvalue weighted by molar-refractivity contribution is 0.649. The van der Waals surface area contributed by atoms with Gasteiger partial charge in [-0.1, -0.05) is 28.9 Å². The summed E-state index contributed by atoms with van der Waals surface area (Å²) in [5, 5.41) is 8.84. The summed E-state index contributed by atoms with van der Waals surface area (Å²) < 4.78 is 1.78. The number of benzene rings is 1. The highest BCUT2D eigenvalue weighted by Crippen LogP contribution is 2.18. The number of halogens is 2. The van der Waals surface area contributed by atoms with Crippen molar-refractivity contribution in [3.05, 3.63) is 46.2 Å². The van der Waals surface area contributed by atoms with Crippen LogP contribution in [0.15, 0.2) is 24.4 Å².